The third-order valence-corrected chi connectivity index (χ3v) is 6.00. The molecule has 0 radical (unpaired) electrons. The van der Waals surface area contributed by atoms with Crippen molar-refractivity contribution in [2.75, 3.05) is 26.2 Å². The van der Waals surface area contributed by atoms with E-state index in [-0.39, 0.29) is 11.5 Å². The average Bonchev–Trinajstić information content (AvgIpc) is 2.81. The van der Waals surface area contributed by atoms with Gasteiger partial charge in [-0.2, -0.15) is 0 Å². The minimum Gasteiger partial charge on any atom is -0.340 e. The highest BCUT2D eigenvalue weighted by molar-refractivity contribution is 5.77. The van der Waals surface area contributed by atoms with Gasteiger partial charge in [0, 0.05) is 45.7 Å². The van der Waals surface area contributed by atoms with Gasteiger partial charge in [-0.25, -0.2) is 4.98 Å². The van der Waals surface area contributed by atoms with Crippen LogP contribution in [0.2, 0.25) is 0 Å². The van der Waals surface area contributed by atoms with Gasteiger partial charge in [0.2, 0.25) is 5.91 Å². The van der Waals surface area contributed by atoms with E-state index in [1.165, 1.54) is 5.56 Å². The molecule has 1 aliphatic heterocycles. The Balaban J connectivity index is 1.15. The van der Waals surface area contributed by atoms with Crippen molar-refractivity contribution < 1.29 is 4.79 Å². The molecule has 0 bridgehead atoms. The lowest BCUT2D eigenvalue weighted by Gasteiger charge is -2.34. The van der Waals surface area contributed by atoms with E-state index in [1.54, 1.807) is 10.9 Å². The number of piperazine rings is 1. The van der Waals surface area contributed by atoms with Gasteiger partial charge in [-0.1, -0.05) is 48.9 Å². The smallest absolute Gasteiger partial charge is 0.261 e. The second-order valence-corrected chi connectivity index (χ2v) is 8.21. The fourth-order valence-corrected chi connectivity index (χ4v) is 4.16. The first kappa shape index (κ1) is 21.2. The largest absolute Gasteiger partial charge is 0.340 e. The molecular weight excluding hydrogens is 388 g/mol. The molecule has 1 aromatic heterocycles. The Bertz CT molecular complexity index is 1060. The first-order valence-corrected chi connectivity index (χ1v) is 11.2. The monoisotopic (exact) mass is 418 g/mol. The SMILES string of the molecule is O=C(CCCCCn1cnc2ccccc2c1=O)N1CCN(Cc2ccccc2)CC1. The highest BCUT2D eigenvalue weighted by Crippen LogP contribution is 2.11. The lowest BCUT2D eigenvalue weighted by Crippen LogP contribution is -2.48. The van der Waals surface area contributed by atoms with Crippen molar-refractivity contribution in [1.29, 1.82) is 0 Å². The summed E-state index contributed by atoms with van der Waals surface area (Å²) >= 11 is 0. The summed E-state index contributed by atoms with van der Waals surface area (Å²) in [5.74, 6) is 0.254. The first-order valence-electron chi connectivity index (χ1n) is 11.2. The lowest BCUT2D eigenvalue weighted by molar-refractivity contribution is -0.133. The Hall–Kier alpha value is -2.99. The van der Waals surface area contributed by atoms with Crippen LogP contribution < -0.4 is 5.56 Å². The number of hydrogen-bond donors (Lipinski definition) is 0. The summed E-state index contributed by atoms with van der Waals surface area (Å²) in [6, 6.07) is 17.9. The predicted octanol–water partition coefficient (Wildman–Crippen LogP) is 3.30. The molecule has 0 saturated carbocycles. The second kappa shape index (κ2) is 10.4. The molecule has 6 heteroatoms. The number of unbranched alkanes of at least 4 members (excludes halogenated alkanes) is 2. The molecule has 0 N–H and O–H groups in total. The van der Waals surface area contributed by atoms with Gasteiger partial charge in [0.25, 0.3) is 5.56 Å². The van der Waals surface area contributed by atoms with Gasteiger partial charge in [0.15, 0.2) is 0 Å². The fraction of sp³-hybridized carbons (Fsp3) is 0.400. The van der Waals surface area contributed by atoms with Crippen LogP contribution in [-0.2, 0) is 17.9 Å². The van der Waals surface area contributed by atoms with Crippen LogP contribution in [0, 0.1) is 0 Å². The zero-order valence-corrected chi connectivity index (χ0v) is 17.9. The molecule has 2 heterocycles. The molecule has 162 valence electrons. The number of fused-ring (bicyclic) bond motifs is 1. The summed E-state index contributed by atoms with van der Waals surface area (Å²) in [6.07, 6.45) is 4.88. The van der Waals surface area contributed by atoms with Crippen LogP contribution in [0.5, 0.6) is 0 Å². The minimum atomic E-state index is 0.00931. The number of amides is 1. The van der Waals surface area contributed by atoms with Crippen molar-refractivity contribution in [2.24, 2.45) is 0 Å². The number of rotatable bonds is 8. The third-order valence-electron chi connectivity index (χ3n) is 6.00. The van der Waals surface area contributed by atoms with E-state index < -0.39 is 0 Å². The van der Waals surface area contributed by atoms with Crippen LogP contribution in [0.4, 0.5) is 0 Å². The van der Waals surface area contributed by atoms with Gasteiger partial charge in [-0.15, -0.1) is 0 Å². The van der Waals surface area contributed by atoms with E-state index in [2.05, 4.69) is 34.1 Å². The summed E-state index contributed by atoms with van der Waals surface area (Å²) < 4.78 is 1.68. The molecule has 1 amide bonds. The Kier molecular flexibility index (Phi) is 7.10. The van der Waals surface area contributed by atoms with Gasteiger partial charge in [-0.05, 0) is 30.5 Å². The maximum Gasteiger partial charge on any atom is 0.261 e. The van der Waals surface area contributed by atoms with Gasteiger partial charge in [0.1, 0.15) is 0 Å². The van der Waals surface area contributed by atoms with Crippen LogP contribution in [0.15, 0.2) is 65.7 Å². The van der Waals surface area contributed by atoms with E-state index in [1.807, 2.05) is 35.2 Å². The number of nitrogens with zero attached hydrogens (tertiary/aromatic N) is 4. The quantitative estimate of drug-likeness (QED) is 0.527. The van der Waals surface area contributed by atoms with E-state index in [4.69, 9.17) is 0 Å². The van der Waals surface area contributed by atoms with E-state index in [0.717, 1.165) is 57.5 Å². The zero-order chi connectivity index (χ0) is 21.5. The van der Waals surface area contributed by atoms with Crippen molar-refractivity contribution in [1.82, 2.24) is 19.4 Å². The highest BCUT2D eigenvalue weighted by atomic mass is 16.2. The molecule has 1 saturated heterocycles. The standard InChI is InChI=1S/C25H30N4O2/c30-24(28-17-15-27(16-18-28)19-21-9-3-1-4-10-21)13-5-2-8-14-29-20-26-23-12-7-6-11-22(23)25(29)31/h1,3-4,6-7,9-12,20H,2,5,8,13-19H2. The lowest BCUT2D eigenvalue weighted by atomic mass is 10.1. The number of carbonyl (C=O) groups excluding carboxylic acids is 1. The molecular formula is C25H30N4O2. The normalized spacial score (nSPS) is 14.8. The molecule has 6 nitrogen and oxygen atoms in total. The molecule has 1 fully saturated rings. The van der Waals surface area contributed by atoms with Crippen molar-refractivity contribution in [3.05, 3.63) is 76.8 Å². The molecule has 0 atom stereocenters. The van der Waals surface area contributed by atoms with E-state index >= 15 is 0 Å². The van der Waals surface area contributed by atoms with Crippen molar-refractivity contribution in [3.8, 4) is 0 Å². The topological polar surface area (TPSA) is 58.4 Å². The minimum absolute atomic E-state index is 0.00931. The summed E-state index contributed by atoms with van der Waals surface area (Å²) in [7, 11) is 0. The van der Waals surface area contributed by atoms with E-state index in [9.17, 15) is 9.59 Å². The predicted molar refractivity (Wildman–Crippen MR) is 123 cm³/mol. The van der Waals surface area contributed by atoms with Crippen molar-refractivity contribution in [2.45, 2.75) is 38.8 Å². The van der Waals surface area contributed by atoms with Crippen LogP contribution >= 0.6 is 0 Å². The molecule has 0 aliphatic carbocycles. The maximum absolute atomic E-state index is 12.5. The van der Waals surface area contributed by atoms with Gasteiger partial charge in [0.05, 0.1) is 17.2 Å². The molecule has 3 aromatic rings. The summed E-state index contributed by atoms with van der Waals surface area (Å²) in [5.41, 5.74) is 2.07. The number of hydrogen-bond acceptors (Lipinski definition) is 4. The molecule has 31 heavy (non-hydrogen) atoms. The molecule has 1 aliphatic rings. The molecule has 0 unspecified atom stereocenters. The fourth-order valence-electron chi connectivity index (χ4n) is 4.16. The van der Waals surface area contributed by atoms with Crippen molar-refractivity contribution >= 4 is 16.8 Å². The maximum atomic E-state index is 12.5. The highest BCUT2D eigenvalue weighted by Gasteiger charge is 2.20. The third kappa shape index (κ3) is 5.58. The van der Waals surface area contributed by atoms with Crippen LogP contribution in [-0.4, -0.2) is 51.4 Å². The molecule has 0 spiro atoms. The Morgan fingerprint density at radius 1 is 0.871 bits per heavy atom. The first-order chi connectivity index (χ1) is 15.2. The number of carbonyl (C=O) groups is 1. The van der Waals surface area contributed by atoms with Gasteiger partial charge < -0.3 is 4.90 Å². The van der Waals surface area contributed by atoms with Gasteiger partial charge in [-0.3, -0.25) is 19.1 Å². The summed E-state index contributed by atoms with van der Waals surface area (Å²) in [4.78, 5) is 33.8. The summed E-state index contributed by atoms with van der Waals surface area (Å²) in [6.45, 7) is 5.07. The average molecular weight is 419 g/mol. The van der Waals surface area contributed by atoms with Crippen LogP contribution in [0.1, 0.15) is 31.2 Å². The zero-order valence-electron chi connectivity index (χ0n) is 17.9. The van der Waals surface area contributed by atoms with Crippen molar-refractivity contribution in [3.63, 3.8) is 0 Å². The van der Waals surface area contributed by atoms with Crippen LogP contribution in [0.25, 0.3) is 10.9 Å². The van der Waals surface area contributed by atoms with Crippen LogP contribution in [0.3, 0.4) is 0 Å². The number of para-hydroxylation sites is 1. The number of aryl methyl sites for hydroxylation is 1. The number of aromatic nitrogens is 2. The van der Waals surface area contributed by atoms with E-state index in [0.29, 0.717) is 18.4 Å². The molecule has 2 aromatic carbocycles. The Morgan fingerprint density at radius 3 is 2.42 bits per heavy atom. The molecule has 4 rings (SSSR count). The number of benzene rings is 2. The summed E-state index contributed by atoms with van der Waals surface area (Å²) in [5, 5.41) is 0.659. The second-order valence-electron chi connectivity index (χ2n) is 8.21. The van der Waals surface area contributed by atoms with Gasteiger partial charge >= 0.3 is 0 Å². The Morgan fingerprint density at radius 2 is 1.61 bits per heavy atom. The Labute approximate surface area is 183 Å².